The Morgan fingerprint density at radius 1 is 1.11 bits per heavy atom. The number of rotatable bonds is 6. The van der Waals surface area contributed by atoms with Crippen LogP contribution in [0, 0.1) is 19.8 Å². The largest absolute Gasteiger partial charge is 0.355 e. The number of carbonyl (C=O) groups excluding carboxylic acids is 2. The van der Waals surface area contributed by atoms with Crippen molar-refractivity contribution in [2.45, 2.75) is 46.1 Å². The predicted molar refractivity (Wildman–Crippen MR) is 105 cm³/mol. The van der Waals surface area contributed by atoms with E-state index in [2.05, 4.69) is 11.4 Å². The van der Waals surface area contributed by atoms with E-state index >= 15 is 0 Å². The minimum Gasteiger partial charge on any atom is -0.355 e. The molecule has 1 aliphatic carbocycles. The zero-order valence-electron chi connectivity index (χ0n) is 16.2. The fourth-order valence-electron chi connectivity index (χ4n) is 3.64. The third-order valence-electron chi connectivity index (χ3n) is 5.21. The molecule has 0 unspecified atom stereocenters. The molecule has 0 spiro atoms. The van der Waals surface area contributed by atoms with Crippen molar-refractivity contribution >= 4 is 11.7 Å². The van der Waals surface area contributed by atoms with Crippen LogP contribution in [-0.4, -0.2) is 23.3 Å². The Hall–Kier alpha value is -2.69. The van der Waals surface area contributed by atoms with Gasteiger partial charge in [-0.1, -0.05) is 48.6 Å². The summed E-state index contributed by atoms with van der Waals surface area (Å²) in [6.45, 7) is 4.34. The summed E-state index contributed by atoms with van der Waals surface area (Å²) >= 11 is 0. The quantitative estimate of drug-likeness (QED) is 0.798. The molecule has 142 valence electrons. The number of hydrogen-bond donors (Lipinski definition) is 1. The van der Waals surface area contributed by atoms with Crippen molar-refractivity contribution in [1.82, 2.24) is 9.88 Å². The first-order valence-corrected chi connectivity index (χ1v) is 9.44. The number of aromatic nitrogens is 1. The van der Waals surface area contributed by atoms with E-state index in [-0.39, 0.29) is 16.9 Å². The highest BCUT2D eigenvalue weighted by Gasteiger charge is 2.23. The first kappa shape index (κ1) is 19.1. The van der Waals surface area contributed by atoms with E-state index in [4.69, 9.17) is 0 Å². The van der Waals surface area contributed by atoms with Crippen LogP contribution in [0.25, 0.3) is 0 Å². The van der Waals surface area contributed by atoms with E-state index in [0.717, 1.165) is 29.5 Å². The second-order valence-corrected chi connectivity index (χ2v) is 7.57. The maximum atomic E-state index is 12.8. The summed E-state index contributed by atoms with van der Waals surface area (Å²) in [5.74, 6) is -0.0350. The van der Waals surface area contributed by atoms with Gasteiger partial charge in [-0.2, -0.15) is 0 Å². The summed E-state index contributed by atoms with van der Waals surface area (Å²) in [5.41, 5.74) is 3.27. The Kier molecular flexibility index (Phi) is 5.59. The van der Waals surface area contributed by atoms with Gasteiger partial charge in [0.2, 0.25) is 0 Å². The Balaban J connectivity index is 1.99. The molecule has 5 nitrogen and oxygen atoms in total. The number of nitrogens with one attached hydrogen (secondary N) is 1. The summed E-state index contributed by atoms with van der Waals surface area (Å²) < 4.78 is 1.48. The number of ketones is 1. The second-order valence-electron chi connectivity index (χ2n) is 7.57. The van der Waals surface area contributed by atoms with Crippen LogP contribution in [-0.2, 0) is 6.54 Å². The molecule has 0 saturated heterocycles. The van der Waals surface area contributed by atoms with Gasteiger partial charge in [0.05, 0.1) is 6.54 Å². The number of carbonyl (C=O) groups is 2. The molecule has 1 fully saturated rings. The molecular formula is C22H26N2O3. The molecule has 1 aliphatic rings. The van der Waals surface area contributed by atoms with Crippen LogP contribution in [0.15, 0.2) is 35.3 Å². The van der Waals surface area contributed by atoms with Gasteiger partial charge in [-0.05, 0) is 31.4 Å². The lowest BCUT2D eigenvalue weighted by Crippen LogP contribution is -2.32. The van der Waals surface area contributed by atoms with Crippen molar-refractivity contribution in [1.29, 1.82) is 0 Å². The van der Waals surface area contributed by atoms with Crippen molar-refractivity contribution in [2.24, 2.45) is 5.92 Å². The standard InChI is InChI=1S/C22H26N2O3/c1-14-7-15(2)9-17(8-14)12-24-13-18(20(25)10-16-5-4-6-16)11-19(22(24)27)21(26)23-3/h7-9,11,13,16H,4-6,10,12H2,1-3H3,(H,23,26). The molecule has 1 amide bonds. The SMILES string of the molecule is CNC(=O)c1cc(C(=O)CC2CCC2)cn(Cc2cc(C)cc(C)c2)c1=O. The fourth-order valence-corrected chi connectivity index (χ4v) is 3.64. The highest BCUT2D eigenvalue weighted by molar-refractivity contribution is 6.00. The van der Waals surface area contributed by atoms with E-state index in [9.17, 15) is 14.4 Å². The molecule has 1 aromatic heterocycles. The third kappa shape index (κ3) is 4.35. The van der Waals surface area contributed by atoms with Gasteiger partial charge >= 0.3 is 0 Å². The lowest BCUT2D eigenvalue weighted by atomic mass is 9.81. The van der Waals surface area contributed by atoms with E-state index in [1.807, 2.05) is 26.0 Å². The fraction of sp³-hybridized carbons (Fsp3) is 0.409. The van der Waals surface area contributed by atoms with Crippen LogP contribution < -0.4 is 10.9 Å². The van der Waals surface area contributed by atoms with Gasteiger partial charge in [-0.25, -0.2) is 0 Å². The van der Waals surface area contributed by atoms with E-state index < -0.39 is 5.91 Å². The highest BCUT2D eigenvalue weighted by atomic mass is 16.2. The monoisotopic (exact) mass is 366 g/mol. The number of benzene rings is 1. The number of hydrogen-bond acceptors (Lipinski definition) is 3. The topological polar surface area (TPSA) is 68.2 Å². The number of aryl methyl sites for hydroxylation is 2. The summed E-state index contributed by atoms with van der Waals surface area (Å²) in [7, 11) is 1.49. The van der Waals surface area contributed by atoms with Crippen molar-refractivity contribution in [3.8, 4) is 0 Å². The third-order valence-corrected chi connectivity index (χ3v) is 5.21. The van der Waals surface area contributed by atoms with Gasteiger partial charge in [0, 0.05) is 25.2 Å². The normalized spacial score (nSPS) is 13.9. The van der Waals surface area contributed by atoms with Crippen LogP contribution in [0.1, 0.15) is 63.1 Å². The zero-order chi connectivity index (χ0) is 19.6. The maximum Gasteiger partial charge on any atom is 0.263 e. The molecule has 1 heterocycles. The van der Waals surface area contributed by atoms with Crippen LogP contribution >= 0.6 is 0 Å². The molecule has 1 N–H and O–H groups in total. The smallest absolute Gasteiger partial charge is 0.263 e. The van der Waals surface area contributed by atoms with E-state index in [1.54, 1.807) is 6.20 Å². The Labute approximate surface area is 159 Å². The predicted octanol–water partition coefficient (Wildman–Crippen LogP) is 3.25. The Bertz CT molecular complexity index is 919. The molecular weight excluding hydrogens is 340 g/mol. The Morgan fingerprint density at radius 2 is 1.78 bits per heavy atom. The van der Waals surface area contributed by atoms with Gasteiger partial charge in [0.15, 0.2) is 5.78 Å². The minimum atomic E-state index is -0.465. The number of Topliss-reactive ketones (excluding diaryl/α,β-unsaturated/α-hetero) is 1. The number of nitrogens with zero attached hydrogens (tertiary/aromatic N) is 1. The average Bonchev–Trinajstić information content (AvgIpc) is 2.58. The summed E-state index contributed by atoms with van der Waals surface area (Å²) in [5, 5.41) is 2.50. The van der Waals surface area contributed by atoms with Crippen molar-refractivity contribution in [3.05, 3.63) is 68.6 Å². The maximum absolute atomic E-state index is 12.8. The van der Waals surface area contributed by atoms with E-state index in [0.29, 0.717) is 24.4 Å². The molecule has 1 saturated carbocycles. The van der Waals surface area contributed by atoms with Crippen LogP contribution in [0.4, 0.5) is 0 Å². The average molecular weight is 366 g/mol. The first-order chi connectivity index (χ1) is 12.9. The molecule has 0 atom stereocenters. The zero-order valence-corrected chi connectivity index (χ0v) is 16.2. The van der Waals surface area contributed by atoms with Crippen molar-refractivity contribution in [3.63, 3.8) is 0 Å². The molecule has 27 heavy (non-hydrogen) atoms. The number of pyridine rings is 1. The summed E-state index contributed by atoms with van der Waals surface area (Å²) in [4.78, 5) is 37.7. The van der Waals surface area contributed by atoms with Gasteiger partial charge in [0.1, 0.15) is 5.56 Å². The second kappa shape index (κ2) is 7.91. The van der Waals surface area contributed by atoms with Gasteiger partial charge in [0.25, 0.3) is 11.5 Å². The van der Waals surface area contributed by atoms with Crippen molar-refractivity contribution in [2.75, 3.05) is 7.05 Å². The highest BCUT2D eigenvalue weighted by Crippen LogP contribution is 2.30. The van der Waals surface area contributed by atoms with Crippen LogP contribution in [0.3, 0.4) is 0 Å². The first-order valence-electron chi connectivity index (χ1n) is 9.44. The Morgan fingerprint density at radius 3 is 2.33 bits per heavy atom. The van der Waals surface area contributed by atoms with Crippen LogP contribution in [0.5, 0.6) is 0 Å². The molecule has 1 aromatic carbocycles. The molecule has 0 bridgehead atoms. The van der Waals surface area contributed by atoms with Crippen molar-refractivity contribution < 1.29 is 9.59 Å². The van der Waals surface area contributed by atoms with Gasteiger partial charge in [-0.15, -0.1) is 0 Å². The van der Waals surface area contributed by atoms with Gasteiger partial charge < -0.3 is 9.88 Å². The molecule has 3 rings (SSSR count). The molecule has 0 aliphatic heterocycles. The molecule has 5 heteroatoms. The molecule has 0 radical (unpaired) electrons. The van der Waals surface area contributed by atoms with E-state index in [1.165, 1.54) is 24.1 Å². The van der Waals surface area contributed by atoms with Crippen LogP contribution in [0.2, 0.25) is 0 Å². The lowest BCUT2D eigenvalue weighted by Gasteiger charge is -2.24. The minimum absolute atomic E-state index is 0.000902. The number of amides is 1. The summed E-state index contributed by atoms with van der Waals surface area (Å²) in [6, 6.07) is 7.55. The molecule has 2 aromatic rings. The summed E-state index contributed by atoms with van der Waals surface area (Å²) in [6.07, 6.45) is 5.42. The lowest BCUT2D eigenvalue weighted by molar-refractivity contribution is 0.0935. The van der Waals surface area contributed by atoms with Gasteiger partial charge in [-0.3, -0.25) is 14.4 Å².